The predicted octanol–water partition coefficient (Wildman–Crippen LogP) is 3.19. The van der Waals surface area contributed by atoms with Crippen LogP contribution in [-0.2, 0) is 0 Å². The van der Waals surface area contributed by atoms with Crippen LogP contribution in [0.3, 0.4) is 0 Å². The van der Waals surface area contributed by atoms with Crippen molar-refractivity contribution in [3.63, 3.8) is 0 Å². The van der Waals surface area contributed by atoms with E-state index in [4.69, 9.17) is 16.9 Å². The van der Waals surface area contributed by atoms with Gasteiger partial charge in [0.25, 0.3) is 0 Å². The molecule has 1 aromatic heterocycles. The van der Waals surface area contributed by atoms with Gasteiger partial charge in [0.1, 0.15) is 23.3 Å². The zero-order chi connectivity index (χ0) is 13.1. The van der Waals surface area contributed by atoms with Gasteiger partial charge in [-0.15, -0.1) is 0 Å². The van der Waals surface area contributed by atoms with E-state index in [9.17, 15) is 4.39 Å². The molecule has 1 heterocycles. The van der Waals surface area contributed by atoms with Gasteiger partial charge < -0.3 is 5.32 Å². The molecule has 0 spiro atoms. The lowest BCUT2D eigenvalue weighted by atomic mass is 10.2. The number of benzene rings is 1. The maximum Gasteiger partial charge on any atom is 0.224 e. The van der Waals surface area contributed by atoms with Gasteiger partial charge >= 0.3 is 0 Å². The fourth-order valence-corrected chi connectivity index (χ4v) is 1.55. The number of hydrogen-bond acceptors (Lipinski definition) is 4. The molecule has 0 aliphatic heterocycles. The minimum Gasteiger partial charge on any atom is -0.339 e. The maximum absolute atomic E-state index is 13.4. The van der Waals surface area contributed by atoms with E-state index in [1.54, 1.807) is 25.3 Å². The highest BCUT2D eigenvalue weighted by Gasteiger charge is 2.10. The van der Waals surface area contributed by atoms with Crippen molar-refractivity contribution in [1.29, 1.82) is 5.26 Å². The Morgan fingerprint density at radius 3 is 2.94 bits per heavy atom. The Balaban J connectivity index is 2.44. The quantitative estimate of drug-likeness (QED) is 0.845. The molecule has 0 saturated carbocycles. The fourth-order valence-electron chi connectivity index (χ4n) is 1.42. The highest BCUT2D eigenvalue weighted by Crippen LogP contribution is 2.23. The third kappa shape index (κ3) is 2.39. The van der Waals surface area contributed by atoms with E-state index in [0.717, 1.165) is 5.56 Å². The Bertz CT molecular complexity index is 636. The summed E-state index contributed by atoms with van der Waals surface area (Å²) in [7, 11) is 0. The second-order valence-electron chi connectivity index (χ2n) is 3.57. The van der Waals surface area contributed by atoms with Crippen LogP contribution in [0.15, 0.2) is 24.4 Å². The van der Waals surface area contributed by atoms with Gasteiger partial charge in [0.2, 0.25) is 5.28 Å². The molecule has 90 valence electrons. The Morgan fingerprint density at radius 2 is 2.22 bits per heavy atom. The largest absolute Gasteiger partial charge is 0.339 e. The average Bonchev–Trinajstić information content (AvgIpc) is 2.34. The summed E-state index contributed by atoms with van der Waals surface area (Å²) >= 11 is 5.69. The van der Waals surface area contributed by atoms with Crippen molar-refractivity contribution in [1.82, 2.24) is 9.97 Å². The van der Waals surface area contributed by atoms with Crippen molar-refractivity contribution in [2.75, 3.05) is 5.32 Å². The summed E-state index contributed by atoms with van der Waals surface area (Å²) in [4.78, 5) is 7.80. The molecule has 1 aromatic carbocycles. The molecule has 2 rings (SSSR count). The van der Waals surface area contributed by atoms with Gasteiger partial charge in [0.15, 0.2) is 0 Å². The lowest BCUT2D eigenvalue weighted by molar-refractivity contribution is 0.624. The van der Waals surface area contributed by atoms with E-state index in [1.165, 1.54) is 12.1 Å². The van der Waals surface area contributed by atoms with Crippen LogP contribution < -0.4 is 5.32 Å². The van der Waals surface area contributed by atoms with Gasteiger partial charge in [-0.05, 0) is 30.7 Å². The van der Waals surface area contributed by atoms with Gasteiger partial charge in [-0.2, -0.15) is 5.26 Å². The lowest BCUT2D eigenvalue weighted by Gasteiger charge is -2.09. The number of rotatable bonds is 2. The van der Waals surface area contributed by atoms with Crippen LogP contribution in [0.2, 0.25) is 5.28 Å². The highest BCUT2D eigenvalue weighted by atomic mass is 35.5. The molecule has 6 heteroatoms. The standard InChI is InChI=1S/C12H8ClFN4/c1-7-6-16-12(13)18-11(7)17-10-4-2-3-9(14)8(10)5-15/h2-4,6H,1H3,(H,16,17,18). The number of aromatic nitrogens is 2. The zero-order valence-electron chi connectivity index (χ0n) is 9.41. The van der Waals surface area contributed by atoms with Gasteiger partial charge in [-0.3, -0.25) is 0 Å². The summed E-state index contributed by atoms with van der Waals surface area (Å²) in [6.07, 6.45) is 1.54. The molecular formula is C12H8ClFN4. The molecule has 0 amide bonds. The minimum absolute atomic E-state index is 0.0633. The number of anilines is 2. The van der Waals surface area contributed by atoms with E-state index in [2.05, 4.69) is 15.3 Å². The van der Waals surface area contributed by atoms with E-state index >= 15 is 0 Å². The molecule has 2 aromatic rings. The van der Waals surface area contributed by atoms with E-state index in [0.29, 0.717) is 11.5 Å². The molecular weight excluding hydrogens is 255 g/mol. The van der Waals surface area contributed by atoms with Crippen molar-refractivity contribution < 1.29 is 4.39 Å². The maximum atomic E-state index is 13.4. The minimum atomic E-state index is -0.583. The lowest BCUT2D eigenvalue weighted by Crippen LogP contribution is -2.01. The molecule has 0 radical (unpaired) electrons. The number of nitriles is 1. The first kappa shape index (κ1) is 12.3. The first-order valence-corrected chi connectivity index (χ1v) is 5.44. The summed E-state index contributed by atoms with van der Waals surface area (Å²) in [6.45, 7) is 1.78. The first-order chi connectivity index (χ1) is 8.61. The highest BCUT2D eigenvalue weighted by molar-refractivity contribution is 6.28. The molecule has 18 heavy (non-hydrogen) atoms. The molecule has 1 N–H and O–H groups in total. The predicted molar refractivity (Wildman–Crippen MR) is 66.2 cm³/mol. The zero-order valence-corrected chi connectivity index (χ0v) is 10.2. The molecule has 0 atom stereocenters. The molecule has 0 aliphatic carbocycles. The number of halogens is 2. The molecule has 0 unspecified atom stereocenters. The third-order valence-corrected chi connectivity index (χ3v) is 2.50. The van der Waals surface area contributed by atoms with Crippen LogP contribution in [0.25, 0.3) is 0 Å². The number of hydrogen-bond donors (Lipinski definition) is 1. The van der Waals surface area contributed by atoms with Gasteiger partial charge in [0.05, 0.1) is 5.69 Å². The van der Waals surface area contributed by atoms with Crippen molar-refractivity contribution in [2.45, 2.75) is 6.92 Å². The Hall–Kier alpha value is -2.19. The monoisotopic (exact) mass is 262 g/mol. The Labute approximate surface area is 108 Å². The van der Waals surface area contributed by atoms with Crippen molar-refractivity contribution in [2.24, 2.45) is 0 Å². The smallest absolute Gasteiger partial charge is 0.224 e. The molecule has 4 nitrogen and oxygen atoms in total. The first-order valence-electron chi connectivity index (χ1n) is 5.06. The summed E-state index contributed by atoms with van der Waals surface area (Å²) in [5.41, 5.74) is 1.02. The van der Waals surface area contributed by atoms with Crippen molar-refractivity contribution in [3.8, 4) is 6.07 Å². The van der Waals surface area contributed by atoms with Crippen LogP contribution in [0.5, 0.6) is 0 Å². The second kappa shape index (κ2) is 4.98. The van der Waals surface area contributed by atoms with E-state index in [1.807, 2.05) is 0 Å². The molecule has 0 aliphatic rings. The van der Waals surface area contributed by atoms with E-state index < -0.39 is 5.82 Å². The average molecular weight is 263 g/mol. The Kier molecular flexibility index (Phi) is 3.40. The third-order valence-electron chi connectivity index (χ3n) is 2.32. The molecule has 0 saturated heterocycles. The Morgan fingerprint density at radius 1 is 1.44 bits per heavy atom. The summed E-state index contributed by atoms with van der Waals surface area (Å²) in [5.74, 6) is -0.141. The van der Waals surface area contributed by atoms with Crippen LogP contribution in [0.1, 0.15) is 11.1 Å². The van der Waals surface area contributed by atoms with Gasteiger partial charge in [0, 0.05) is 11.8 Å². The number of nitrogens with zero attached hydrogens (tertiary/aromatic N) is 3. The normalized spacial score (nSPS) is 9.89. The fraction of sp³-hybridized carbons (Fsp3) is 0.0833. The van der Waals surface area contributed by atoms with Crippen LogP contribution >= 0.6 is 11.6 Å². The van der Waals surface area contributed by atoms with Crippen molar-refractivity contribution >= 4 is 23.1 Å². The van der Waals surface area contributed by atoms with Crippen LogP contribution in [-0.4, -0.2) is 9.97 Å². The van der Waals surface area contributed by atoms with Crippen LogP contribution in [0, 0.1) is 24.1 Å². The second-order valence-corrected chi connectivity index (χ2v) is 3.91. The van der Waals surface area contributed by atoms with Crippen molar-refractivity contribution in [3.05, 3.63) is 46.6 Å². The molecule has 0 bridgehead atoms. The van der Waals surface area contributed by atoms with Crippen LogP contribution in [0.4, 0.5) is 15.9 Å². The number of aryl methyl sites for hydroxylation is 1. The topological polar surface area (TPSA) is 61.6 Å². The summed E-state index contributed by atoms with van der Waals surface area (Å²) < 4.78 is 13.4. The van der Waals surface area contributed by atoms with Gasteiger partial charge in [-0.25, -0.2) is 14.4 Å². The molecule has 0 fully saturated rings. The SMILES string of the molecule is Cc1cnc(Cl)nc1Nc1cccc(F)c1C#N. The van der Waals surface area contributed by atoms with E-state index in [-0.39, 0.29) is 10.8 Å². The van der Waals surface area contributed by atoms with Gasteiger partial charge in [-0.1, -0.05) is 6.07 Å². The summed E-state index contributed by atoms with van der Waals surface area (Å²) in [6, 6.07) is 6.13. The summed E-state index contributed by atoms with van der Waals surface area (Å²) in [5, 5.41) is 11.9. The number of nitrogens with one attached hydrogen (secondary N) is 1.